The topological polar surface area (TPSA) is 88.0 Å². The Morgan fingerprint density at radius 3 is 2.42 bits per heavy atom. The summed E-state index contributed by atoms with van der Waals surface area (Å²) in [5, 5.41) is 2.82. The number of carbonyl (C=O) groups is 2. The highest BCUT2D eigenvalue weighted by Gasteiger charge is 2.34. The van der Waals surface area contributed by atoms with Gasteiger partial charge in [0.15, 0.2) is 22.9 Å². The van der Waals surface area contributed by atoms with Crippen LogP contribution in [0, 0.1) is 6.92 Å². The van der Waals surface area contributed by atoms with Crippen molar-refractivity contribution in [2.24, 2.45) is 0 Å². The molecule has 0 spiro atoms. The molecule has 0 bridgehead atoms. The number of sulfone groups is 1. The Balaban J connectivity index is 1.85. The molecule has 8 heteroatoms. The number of aryl methyl sites for hydroxylation is 1. The molecule has 0 radical (unpaired) electrons. The first-order valence-electron chi connectivity index (χ1n) is 8.88. The normalized spacial score (nSPS) is 19.7. The lowest BCUT2D eigenvalue weighted by atomic mass is 10.2. The Kier molecular flexibility index (Phi) is 6.77. The molecule has 26 heavy (non-hydrogen) atoms. The summed E-state index contributed by atoms with van der Waals surface area (Å²) in [4.78, 5) is 27.1. The van der Waals surface area contributed by atoms with E-state index >= 15 is 0 Å². The summed E-state index contributed by atoms with van der Waals surface area (Å²) < 4.78 is 23.3. The first kappa shape index (κ1) is 20.4. The van der Waals surface area contributed by atoms with Crippen LogP contribution in [-0.4, -0.2) is 69.4 Å². The van der Waals surface area contributed by atoms with E-state index in [-0.39, 0.29) is 42.5 Å². The van der Waals surface area contributed by atoms with Gasteiger partial charge < -0.3 is 15.1 Å². The van der Waals surface area contributed by atoms with E-state index in [0.717, 1.165) is 16.2 Å². The van der Waals surface area contributed by atoms with Gasteiger partial charge in [-0.05, 0) is 32.4 Å². The Bertz CT molecular complexity index is 746. The molecule has 1 aromatic rings. The zero-order valence-electron chi connectivity index (χ0n) is 15.6. The second-order valence-electron chi connectivity index (χ2n) is 6.96. The van der Waals surface area contributed by atoms with Gasteiger partial charge in [-0.15, -0.1) is 0 Å². The van der Waals surface area contributed by atoms with Crippen LogP contribution in [0.4, 0.5) is 5.69 Å². The number of nitrogens with zero attached hydrogens (tertiary/aromatic N) is 1. The van der Waals surface area contributed by atoms with Crippen LogP contribution in [0.15, 0.2) is 24.3 Å². The molecular weight excluding hydrogens is 354 g/mol. The van der Waals surface area contributed by atoms with Crippen molar-refractivity contribution < 1.29 is 22.9 Å². The van der Waals surface area contributed by atoms with Gasteiger partial charge in [0.2, 0.25) is 0 Å². The highest BCUT2D eigenvalue weighted by Crippen LogP contribution is 2.17. The number of quaternary nitrogens is 1. The van der Waals surface area contributed by atoms with Crippen LogP contribution >= 0.6 is 0 Å². The molecule has 1 aliphatic heterocycles. The zero-order valence-corrected chi connectivity index (χ0v) is 16.4. The van der Waals surface area contributed by atoms with Crippen molar-refractivity contribution >= 4 is 27.3 Å². The van der Waals surface area contributed by atoms with E-state index in [0.29, 0.717) is 13.0 Å². The quantitative estimate of drug-likeness (QED) is 0.665. The van der Waals surface area contributed by atoms with Gasteiger partial charge in [0.1, 0.15) is 0 Å². The van der Waals surface area contributed by atoms with Crippen LogP contribution in [0.25, 0.3) is 0 Å². The number of hydrogen-bond acceptors (Lipinski definition) is 4. The molecule has 7 nitrogen and oxygen atoms in total. The van der Waals surface area contributed by atoms with E-state index in [1.165, 1.54) is 0 Å². The van der Waals surface area contributed by atoms with Crippen LogP contribution in [0.2, 0.25) is 0 Å². The molecule has 2 amide bonds. The van der Waals surface area contributed by atoms with Crippen molar-refractivity contribution in [3.05, 3.63) is 29.8 Å². The van der Waals surface area contributed by atoms with E-state index in [2.05, 4.69) is 5.32 Å². The van der Waals surface area contributed by atoms with Crippen LogP contribution in [0.3, 0.4) is 0 Å². The van der Waals surface area contributed by atoms with Crippen molar-refractivity contribution in [1.82, 2.24) is 4.90 Å². The highest BCUT2D eigenvalue weighted by atomic mass is 32.2. The zero-order chi connectivity index (χ0) is 19.3. The van der Waals surface area contributed by atoms with Crippen LogP contribution in [0.1, 0.15) is 18.9 Å². The number of anilines is 1. The molecule has 144 valence electrons. The smallest absolute Gasteiger partial charge is 0.279 e. The molecule has 1 saturated heterocycles. The lowest BCUT2D eigenvalue weighted by molar-refractivity contribution is -0.862. The van der Waals surface area contributed by atoms with E-state index in [9.17, 15) is 18.0 Å². The van der Waals surface area contributed by atoms with Gasteiger partial charge in [0, 0.05) is 18.3 Å². The number of rotatable bonds is 7. The second kappa shape index (κ2) is 8.64. The van der Waals surface area contributed by atoms with Crippen molar-refractivity contribution in [3.63, 3.8) is 0 Å². The maximum atomic E-state index is 12.5. The molecular formula is C18H28N3O4S+. The fourth-order valence-corrected chi connectivity index (χ4v) is 4.93. The molecule has 0 aliphatic carbocycles. The molecule has 2 atom stereocenters. The minimum absolute atomic E-state index is 0.0412. The maximum Gasteiger partial charge on any atom is 0.279 e. The molecule has 0 aromatic heterocycles. The summed E-state index contributed by atoms with van der Waals surface area (Å²) in [5.41, 5.74) is 1.84. The van der Waals surface area contributed by atoms with Crippen molar-refractivity contribution in [3.8, 4) is 0 Å². The Morgan fingerprint density at radius 1 is 1.23 bits per heavy atom. The summed E-state index contributed by atoms with van der Waals surface area (Å²) in [6, 6.07) is 7.28. The van der Waals surface area contributed by atoms with Gasteiger partial charge in [-0.25, -0.2) is 8.42 Å². The molecule has 1 unspecified atom stereocenters. The first-order chi connectivity index (χ1) is 12.2. The van der Waals surface area contributed by atoms with E-state index < -0.39 is 9.84 Å². The van der Waals surface area contributed by atoms with E-state index in [1.54, 1.807) is 11.9 Å². The summed E-state index contributed by atoms with van der Waals surface area (Å²) >= 11 is 0. The number of benzene rings is 1. The number of carbonyl (C=O) groups excluding carboxylic acids is 2. The molecule has 1 aliphatic rings. The van der Waals surface area contributed by atoms with Gasteiger partial charge in [-0.2, -0.15) is 0 Å². The maximum absolute atomic E-state index is 12.5. The third-order valence-electron chi connectivity index (χ3n) is 4.56. The Labute approximate surface area is 155 Å². The van der Waals surface area contributed by atoms with Crippen molar-refractivity contribution in [2.45, 2.75) is 26.3 Å². The largest absolute Gasteiger partial charge is 0.334 e. The number of nitrogens with one attached hydrogen (secondary N) is 2. The summed E-state index contributed by atoms with van der Waals surface area (Å²) in [5.74, 6) is -0.0938. The number of hydrogen-bond donors (Lipinski definition) is 2. The van der Waals surface area contributed by atoms with Gasteiger partial charge in [0.25, 0.3) is 11.8 Å². The van der Waals surface area contributed by atoms with Gasteiger partial charge in [-0.1, -0.05) is 17.7 Å². The predicted molar refractivity (Wildman–Crippen MR) is 101 cm³/mol. The molecule has 0 saturated carbocycles. The minimum Gasteiger partial charge on any atom is -0.334 e. The molecule has 2 N–H and O–H groups in total. The molecule has 1 heterocycles. The highest BCUT2D eigenvalue weighted by molar-refractivity contribution is 7.91. The average molecular weight is 383 g/mol. The summed E-state index contributed by atoms with van der Waals surface area (Å²) in [6.45, 7) is 4.63. The third kappa shape index (κ3) is 5.81. The fourth-order valence-electron chi connectivity index (χ4n) is 3.20. The fraction of sp³-hybridized carbons (Fsp3) is 0.556. The van der Waals surface area contributed by atoms with Gasteiger partial charge in [0.05, 0.1) is 18.6 Å². The first-order valence-corrected chi connectivity index (χ1v) is 10.7. The van der Waals surface area contributed by atoms with Crippen LogP contribution < -0.4 is 10.2 Å². The number of amides is 2. The van der Waals surface area contributed by atoms with Crippen molar-refractivity contribution in [1.29, 1.82) is 0 Å². The van der Waals surface area contributed by atoms with Crippen molar-refractivity contribution in [2.75, 3.05) is 43.5 Å². The lowest BCUT2D eigenvalue weighted by Crippen LogP contribution is -3.11. The predicted octanol–water partition coefficient (Wildman–Crippen LogP) is -0.516. The number of likely N-dealkylation sites (N-methyl/N-ethyl adjacent to an activating group) is 2. The minimum atomic E-state index is -3.03. The Morgan fingerprint density at radius 2 is 1.88 bits per heavy atom. The van der Waals surface area contributed by atoms with E-state index in [1.807, 2.05) is 38.1 Å². The SMILES string of the molecule is CCN(C(=O)C[NH+](C)CC(=O)Nc1ccc(C)cc1)[C@H]1CCS(=O)(=O)C1. The Hall–Kier alpha value is -1.93. The van der Waals surface area contributed by atoms with Gasteiger partial charge >= 0.3 is 0 Å². The third-order valence-corrected chi connectivity index (χ3v) is 6.31. The molecule has 1 fully saturated rings. The summed E-state index contributed by atoms with van der Waals surface area (Å²) in [6.07, 6.45) is 0.495. The molecule has 2 rings (SSSR count). The monoisotopic (exact) mass is 382 g/mol. The second-order valence-corrected chi connectivity index (χ2v) is 9.19. The molecule has 1 aromatic carbocycles. The van der Waals surface area contributed by atoms with Crippen LogP contribution in [0.5, 0.6) is 0 Å². The summed E-state index contributed by atoms with van der Waals surface area (Å²) in [7, 11) is -1.25. The van der Waals surface area contributed by atoms with Gasteiger partial charge in [-0.3, -0.25) is 9.59 Å². The average Bonchev–Trinajstić information content (AvgIpc) is 2.89. The van der Waals surface area contributed by atoms with E-state index in [4.69, 9.17) is 0 Å². The van der Waals surface area contributed by atoms with Crippen LogP contribution in [-0.2, 0) is 19.4 Å². The lowest BCUT2D eigenvalue weighted by Gasteiger charge is -2.27. The standard InChI is InChI=1S/C18H27N3O4S/c1-4-21(16-9-10-26(24,25)13-16)18(23)12-20(3)11-17(22)19-15-7-5-14(2)6-8-15/h5-8,16H,4,9-13H2,1-3H3,(H,19,22)/p+1/t16-/m0/s1.